The molecule has 0 saturated carbocycles. The topological polar surface area (TPSA) is 47.6 Å². The molecule has 0 fully saturated rings. The highest BCUT2D eigenvalue weighted by molar-refractivity contribution is 6.01. The molecule has 3 heteroatoms. The second-order valence-electron chi connectivity index (χ2n) is 15.3. The van der Waals surface area contributed by atoms with Crippen LogP contribution in [0.1, 0.15) is 58.7 Å². The van der Waals surface area contributed by atoms with Crippen LogP contribution in [0.2, 0.25) is 0 Å². The van der Waals surface area contributed by atoms with Gasteiger partial charge in [-0.3, -0.25) is 0 Å². The van der Waals surface area contributed by atoms with Crippen molar-refractivity contribution in [1.29, 1.82) is 0 Å². The van der Waals surface area contributed by atoms with Crippen LogP contribution in [0.25, 0.3) is 39.1 Å². The zero-order valence-electron chi connectivity index (χ0n) is 32.6. The van der Waals surface area contributed by atoms with Crippen LogP contribution in [-0.2, 0) is 5.41 Å². The lowest BCUT2D eigenvalue weighted by Gasteiger charge is -2.39. The molecule has 8 aromatic carbocycles. The highest BCUT2D eigenvalue weighted by Gasteiger charge is 2.50. The summed E-state index contributed by atoms with van der Waals surface area (Å²) in [7, 11) is 0. The van der Waals surface area contributed by atoms with Crippen LogP contribution >= 0.6 is 0 Å². The summed E-state index contributed by atoms with van der Waals surface area (Å²) in [5.74, 6) is 2.31. The number of nitrogens with zero attached hydrogens (tertiary/aromatic N) is 1. The van der Waals surface area contributed by atoms with Crippen molar-refractivity contribution < 1.29 is 4.74 Å². The average Bonchev–Trinajstić information content (AvgIpc) is 3.58. The molecule has 1 atom stereocenters. The first-order valence-corrected chi connectivity index (χ1v) is 20.0. The van der Waals surface area contributed by atoms with Gasteiger partial charge >= 0.3 is 0 Å². The van der Waals surface area contributed by atoms with Gasteiger partial charge in [0.15, 0.2) is 0 Å². The molecule has 0 saturated heterocycles. The SMILES string of the molecule is C/C(=C(\N=C(/N)c1ccccc1)c1ccc(-c2ccc3c(c2)Oc2ccccc2C32c3ccccc3-c3ccccc32)cc1)[C@H](C)c1ccccc1-c1ccccc1. The average molecular weight is 747 g/mol. The van der Waals surface area contributed by atoms with Gasteiger partial charge in [0.2, 0.25) is 0 Å². The molecule has 1 aliphatic heterocycles. The van der Waals surface area contributed by atoms with E-state index in [4.69, 9.17) is 15.5 Å². The third kappa shape index (κ3) is 5.70. The van der Waals surface area contributed by atoms with Crippen molar-refractivity contribution in [2.24, 2.45) is 10.7 Å². The molecular formula is C55H42N2O. The van der Waals surface area contributed by atoms with Gasteiger partial charge in [0.05, 0.1) is 11.1 Å². The van der Waals surface area contributed by atoms with E-state index in [0.717, 1.165) is 50.6 Å². The zero-order chi connectivity index (χ0) is 39.2. The Kier molecular flexibility index (Phi) is 8.72. The minimum atomic E-state index is -0.483. The number of para-hydroxylation sites is 1. The molecule has 3 nitrogen and oxygen atoms in total. The number of ether oxygens (including phenoxy) is 1. The molecule has 2 aliphatic rings. The summed E-state index contributed by atoms with van der Waals surface area (Å²) in [5, 5.41) is 0. The molecule has 278 valence electrons. The summed E-state index contributed by atoms with van der Waals surface area (Å²) >= 11 is 0. The van der Waals surface area contributed by atoms with Crippen LogP contribution in [0.3, 0.4) is 0 Å². The standard InChI is InChI=1S/C55H42N2O/c1-36(43-21-9-10-22-44(43)39-17-5-3-6-18-39)37(2)53(57-54(56)41-19-7-4-8-20-41)40-31-29-38(30-32-40)42-33-34-50-52(35-42)58-51-28-16-15-27-49(51)55(50)47-25-13-11-23-45(47)46-24-12-14-26-48(46)55/h3-36H,1-2H3,(H2,56,57)/b53-37+/t36-/m0/s1. The minimum Gasteiger partial charge on any atom is -0.457 e. The van der Waals surface area contributed by atoms with Gasteiger partial charge in [-0.15, -0.1) is 0 Å². The number of hydrogen-bond acceptors (Lipinski definition) is 2. The van der Waals surface area contributed by atoms with Crippen molar-refractivity contribution in [1.82, 2.24) is 0 Å². The number of allylic oxidation sites excluding steroid dienone is 1. The Balaban J connectivity index is 1.07. The zero-order valence-corrected chi connectivity index (χ0v) is 32.6. The third-order valence-corrected chi connectivity index (χ3v) is 12.2. The first-order valence-electron chi connectivity index (χ1n) is 20.0. The number of fused-ring (bicyclic) bond motifs is 9. The van der Waals surface area contributed by atoms with Gasteiger partial charge in [0, 0.05) is 28.2 Å². The van der Waals surface area contributed by atoms with Crippen LogP contribution in [0, 0.1) is 0 Å². The molecule has 0 bridgehead atoms. The molecule has 0 amide bonds. The Labute approximate surface area is 340 Å². The van der Waals surface area contributed by atoms with E-state index < -0.39 is 5.41 Å². The molecule has 1 heterocycles. The van der Waals surface area contributed by atoms with Crippen LogP contribution in [0.4, 0.5) is 0 Å². The lowest BCUT2D eigenvalue weighted by atomic mass is 9.66. The molecule has 1 aliphatic carbocycles. The number of rotatable bonds is 7. The molecule has 8 aromatic rings. The van der Waals surface area contributed by atoms with E-state index in [1.165, 1.54) is 44.5 Å². The Morgan fingerprint density at radius 3 is 1.71 bits per heavy atom. The van der Waals surface area contributed by atoms with Gasteiger partial charge in [-0.25, -0.2) is 4.99 Å². The normalized spacial score (nSPS) is 14.3. The largest absolute Gasteiger partial charge is 0.457 e. The predicted octanol–water partition coefficient (Wildman–Crippen LogP) is 13.4. The fourth-order valence-corrected chi connectivity index (χ4v) is 9.23. The molecule has 10 rings (SSSR count). The molecule has 0 unspecified atom stereocenters. The predicted molar refractivity (Wildman–Crippen MR) is 239 cm³/mol. The van der Waals surface area contributed by atoms with Crippen molar-refractivity contribution in [3.05, 3.63) is 245 Å². The monoisotopic (exact) mass is 746 g/mol. The summed E-state index contributed by atoms with van der Waals surface area (Å²) in [6, 6.07) is 70.9. The first kappa shape index (κ1) is 35.2. The molecule has 58 heavy (non-hydrogen) atoms. The summed E-state index contributed by atoms with van der Waals surface area (Å²) in [6.07, 6.45) is 0. The second-order valence-corrected chi connectivity index (χ2v) is 15.3. The van der Waals surface area contributed by atoms with E-state index in [1.54, 1.807) is 0 Å². The smallest absolute Gasteiger partial charge is 0.132 e. The lowest BCUT2D eigenvalue weighted by molar-refractivity contribution is 0.436. The summed E-state index contributed by atoms with van der Waals surface area (Å²) < 4.78 is 6.81. The molecule has 0 radical (unpaired) electrons. The maximum atomic E-state index is 6.81. The quantitative estimate of drug-likeness (QED) is 0.130. The maximum absolute atomic E-state index is 6.81. The highest BCUT2D eigenvalue weighted by atomic mass is 16.5. The number of benzene rings is 8. The van der Waals surface area contributed by atoms with Crippen molar-refractivity contribution in [2.75, 3.05) is 0 Å². The van der Waals surface area contributed by atoms with Crippen molar-refractivity contribution in [2.45, 2.75) is 25.2 Å². The number of aliphatic imine (C=N–C) groups is 1. The van der Waals surface area contributed by atoms with Crippen LogP contribution in [0.15, 0.2) is 211 Å². The van der Waals surface area contributed by atoms with Crippen molar-refractivity contribution in [3.8, 4) is 44.9 Å². The Bertz CT molecular complexity index is 2840. The lowest BCUT2D eigenvalue weighted by Crippen LogP contribution is -2.32. The Morgan fingerprint density at radius 2 is 1.02 bits per heavy atom. The van der Waals surface area contributed by atoms with Crippen LogP contribution in [-0.4, -0.2) is 5.84 Å². The summed E-state index contributed by atoms with van der Waals surface area (Å²) in [4.78, 5) is 5.18. The minimum absolute atomic E-state index is 0.0669. The van der Waals surface area contributed by atoms with Gasteiger partial charge in [0.1, 0.15) is 17.3 Å². The van der Waals surface area contributed by atoms with Gasteiger partial charge in [0.25, 0.3) is 0 Å². The Hall–Kier alpha value is -7.23. The van der Waals surface area contributed by atoms with E-state index in [-0.39, 0.29) is 5.92 Å². The van der Waals surface area contributed by atoms with E-state index in [1.807, 2.05) is 30.3 Å². The third-order valence-electron chi connectivity index (χ3n) is 12.2. The number of hydrogen-bond donors (Lipinski definition) is 1. The first-order chi connectivity index (χ1) is 28.5. The van der Waals surface area contributed by atoms with E-state index in [9.17, 15) is 0 Å². The van der Waals surface area contributed by atoms with Crippen molar-refractivity contribution in [3.63, 3.8) is 0 Å². The molecular weight excluding hydrogens is 705 g/mol. The number of amidine groups is 1. The Morgan fingerprint density at radius 1 is 0.483 bits per heavy atom. The van der Waals surface area contributed by atoms with Crippen molar-refractivity contribution >= 4 is 11.5 Å². The summed E-state index contributed by atoms with van der Waals surface area (Å²) in [6.45, 7) is 4.45. The van der Waals surface area contributed by atoms with E-state index in [0.29, 0.717) is 5.84 Å². The molecule has 0 aromatic heterocycles. The highest BCUT2D eigenvalue weighted by Crippen LogP contribution is 2.62. The maximum Gasteiger partial charge on any atom is 0.132 e. The second kappa shape index (κ2) is 14.4. The van der Waals surface area contributed by atoms with Gasteiger partial charge in [-0.05, 0) is 74.7 Å². The fraction of sp³-hybridized carbons (Fsp3) is 0.0727. The van der Waals surface area contributed by atoms with E-state index >= 15 is 0 Å². The van der Waals surface area contributed by atoms with Crippen LogP contribution < -0.4 is 10.5 Å². The van der Waals surface area contributed by atoms with Gasteiger partial charge < -0.3 is 10.5 Å². The van der Waals surface area contributed by atoms with Gasteiger partial charge in [-0.2, -0.15) is 0 Å². The summed E-state index contributed by atoms with van der Waals surface area (Å²) in [5.41, 5.74) is 23.5. The van der Waals surface area contributed by atoms with E-state index in [2.05, 4.69) is 184 Å². The van der Waals surface area contributed by atoms with Gasteiger partial charge in [-0.1, -0.05) is 195 Å². The fourth-order valence-electron chi connectivity index (χ4n) is 9.23. The molecule has 1 spiro atoms. The van der Waals surface area contributed by atoms with Crippen LogP contribution in [0.5, 0.6) is 11.5 Å². The molecule has 2 N–H and O–H groups in total. The number of nitrogens with two attached hydrogens (primary N) is 1.